The SMILES string of the molecule is C/C=C\C(=C/C)c1ccc2c3c(n(C)c2c1)C=C=C3. The largest absolute Gasteiger partial charge is 0.343 e. The van der Waals surface area contributed by atoms with Gasteiger partial charge in [0, 0.05) is 29.6 Å². The number of fused-ring (bicyclic) bond motifs is 3. The van der Waals surface area contributed by atoms with Crippen LogP contribution in [0.2, 0.25) is 0 Å². The quantitative estimate of drug-likeness (QED) is 0.453. The second-order valence-electron chi connectivity index (χ2n) is 4.79. The van der Waals surface area contributed by atoms with E-state index >= 15 is 0 Å². The maximum absolute atomic E-state index is 3.18. The molecule has 0 spiro atoms. The Morgan fingerprint density at radius 1 is 1.21 bits per heavy atom. The number of hydrogen-bond acceptors (Lipinski definition) is 0. The van der Waals surface area contributed by atoms with Gasteiger partial charge in [-0.15, -0.1) is 5.73 Å². The van der Waals surface area contributed by atoms with Crippen molar-refractivity contribution < 1.29 is 0 Å². The number of aryl methyl sites for hydroxylation is 1. The highest BCUT2D eigenvalue weighted by molar-refractivity contribution is 5.98. The van der Waals surface area contributed by atoms with Crippen molar-refractivity contribution >= 4 is 28.6 Å². The summed E-state index contributed by atoms with van der Waals surface area (Å²) in [4.78, 5) is 0. The van der Waals surface area contributed by atoms with Gasteiger partial charge in [0.15, 0.2) is 0 Å². The van der Waals surface area contributed by atoms with Crippen molar-refractivity contribution in [2.24, 2.45) is 7.05 Å². The van der Waals surface area contributed by atoms with Crippen molar-refractivity contribution in [3.05, 3.63) is 59.0 Å². The smallest absolute Gasteiger partial charge is 0.0573 e. The van der Waals surface area contributed by atoms with Crippen LogP contribution in [0.4, 0.5) is 0 Å². The van der Waals surface area contributed by atoms with Gasteiger partial charge in [-0.2, -0.15) is 0 Å². The Morgan fingerprint density at radius 3 is 2.79 bits per heavy atom. The van der Waals surface area contributed by atoms with Gasteiger partial charge >= 0.3 is 0 Å². The normalized spacial score (nSPS) is 13.9. The molecule has 0 N–H and O–H groups in total. The molecule has 3 rings (SSSR count). The van der Waals surface area contributed by atoms with Gasteiger partial charge in [-0.3, -0.25) is 0 Å². The zero-order valence-corrected chi connectivity index (χ0v) is 11.6. The summed E-state index contributed by atoms with van der Waals surface area (Å²) >= 11 is 0. The van der Waals surface area contributed by atoms with Crippen molar-refractivity contribution in [3.8, 4) is 0 Å². The standard InChI is InChI=1S/C18H17N/c1-4-7-13(5-2)14-10-11-16-15-8-6-9-17(15)19(3)18(16)12-14/h4-5,7-12H,1-3H3/b7-4-,13-5+. The molecule has 1 nitrogen and oxygen atoms in total. The average Bonchev–Trinajstić information content (AvgIpc) is 3.00. The fraction of sp³-hybridized carbons (Fsp3) is 0.167. The highest BCUT2D eigenvalue weighted by Gasteiger charge is 2.14. The molecular formula is C18H17N. The van der Waals surface area contributed by atoms with Crippen LogP contribution >= 0.6 is 0 Å². The van der Waals surface area contributed by atoms with Crippen molar-refractivity contribution in [2.75, 3.05) is 0 Å². The van der Waals surface area contributed by atoms with Crippen LogP contribution in [0.15, 0.2) is 42.2 Å². The van der Waals surface area contributed by atoms with Crippen molar-refractivity contribution in [1.29, 1.82) is 0 Å². The minimum Gasteiger partial charge on any atom is -0.343 e. The van der Waals surface area contributed by atoms with Gasteiger partial charge in [-0.1, -0.05) is 30.4 Å². The van der Waals surface area contributed by atoms with Gasteiger partial charge in [0.1, 0.15) is 0 Å². The number of benzene rings is 1. The third-order valence-corrected chi connectivity index (χ3v) is 3.72. The molecule has 0 fully saturated rings. The fourth-order valence-electron chi connectivity index (χ4n) is 2.73. The van der Waals surface area contributed by atoms with E-state index in [9.17, 15) is 0 Å². The molecule has 1 heteroatoms. The minimum atomic E-state index is 1.25. The number of hydrogen-bond donors (Lipinski definition) is 0. The number of aromatic nitrogens is 1. The van der Waals surface area contributed by atoms with E-state index in [4.69, 9.17) is 0 Å². The highest BCUT2D eigenvalue weighted by atomic mass is 14.9. The first-order valence-corrected chi connectivity index (χ1v) is 6.60. The van der Waals surface area contributed by atoms with E-state index in [1.54, 1.807) is 0 Å². The fourth-order valence-corrected chi connectivity index (χ4v) is 2.73. The summed E-state index contributed by atoms with van der Waals surface area (Å²) in [6.07, 6.45) is 10.5. The summed E-state index contributed by atoms with van der Waals surface area (Å²) < 4.78 is 2.24. The van der Waals surface area contributed by atoms with Gasteiger partial charge in [0.25, 0.3) is 0 Å². The van der Waals surface area contributed by atoms with Crippen LogP contribution < -0.4 is 0 Å². The minimum absolute atomic E-state index is 1.25. The van der Waals surface area contributed by atoms with Crippen LogP contribution in [-0.4, -0.2) is 4.57 Å². The molecule has 1 aliphatic carbocycles. The lowest BCUT2D eigenvalue weighted by atomic mass is 10.0. The molecule has 0 saturated heterocycles. The van der Waals surface area contributed by atoms with Crippen LogP contribution in [0.25, 0.3) is 28.6 Å². The zero-order valence-electron chi connectivity index (χ0n) is 11.6. The molecule has 0 aliphatic heterocycles. The molecule has 0 bridgehead atoms. The van der Waals surface area contributed by atoms with E-state index < -0.39 is 0 Å². The lowest BCUT2D eigenvalue weighted by Gasteiger charge is -2.04. The molecule has 1 aromatic heterocycles. The predicted molar refractivity (Wildman–Crippen MR) is 83.8 cm³/mol. The highest BCUT2D eigenvalue weighted by Crippen LogP contribution is 2.32. The van der Waals surface area contributed by atoms with Gasteiger partial charge in [0.2, 0.25) is 0 Å². The van der Waals surface area contributed by atoms with Crippen LogP contribution in [0.5, 0.6) is 0 Å². The lowest BCUT2D eigenvalue weighted by Crippen LogP contribution is -1.90. The molecule has 0 radical (unpaired) electrons. The van der Waals surface area contributed by atoms with E-state index in [-0.39, 0.29) is 0 Å². The molecule has 0 atom stereocenters. The summed E-state index contributed by atoms with van der Waals surface area (Å²) in [5, 5.41) is 1.30. The first-order valence-electron chi connectivity index (χ1n) is 6.60. The van der Waals surface area contributed by atoms with Crippen LogP contribution in [-0.2, 0) is 7.05 Å². The van der Waals surface area contributed by atoms with E-state index in [0.29, 0.717) is 0 Å². The maximum atomic E-state index is 3.18. The number of rotatable bonds is 2. The Morgan fingerprint density at radius 2 is 2.05 bits per heavy atom. The third-order valence-electron chi connectivity index (χ3n) is 3.72. The Kier molecular flexibility index (Phi) is 2.77. The molecule has 1 aromatic carbocycles. The maximum Gasteiger partial charge on any atom is 0.0573 e. The summed E-state index contributed by atoms with van der Waals surface area (Å²) in [7, 11) is 2.12. The van der Waals surface area contributed by atoms with Crippen molar-refractivity contribution in [2.45, 2.75) is 13.8 Å². The molecule has 1 aliphatic rings. The first kappa shape index (κ1) is 11.8. The molecule has 2 aromatic rings. The second kappa shape index (κ2) is 4.46. The third kappa shape index (κ3) is 1.71. The lowest BCUT2D eigenvalue weighted by molar-refractivity contribution is 0.954. The monoisotopic (exact) mass is 247 g/mol. The van der Waals surface area contributed by atoms with E-state index in [1.807, 2.05) is 0 Å². The Labute approximate surface area is 113 Å². The summed E-state index contributed by atoms with van der Waals surface area (Å²) in [5.74, 6) is 0. The summed E-state index contributed by atoms with van der Waals surface area (Å²) in [6.45, 7) is 4.13. The van der Waals surface area contributed by atoms with Crippen LogP contribution in [0.1, 0.15) is 30.7 Å². The number of allylic oxidation sites excluding steroid dienone is 4. The van der Waals surface area contributed by atoms with Crippen molar-refractivity contribution in [3.63, 3.8) is 0 Å². The molecule has 94 valence electrons. The second-order valence-corrected chi connectivity index (χ2v) is 4.79. The summed E-state index contributed by atoms with van der Waals surface area (Å²) in [5.41, 5.74) is 9.52. The topological polar surface area (TPSA) is 4.93 Å². The van der Waals surface area contributed by atoms with Gasteiger partial charge in [-0.05, 0) is 37.1 Å². The molecular weight excluding hydrogens is 230 g/mol. The van der Waals surface area contributed by atoms with Gasteiger partial charge in [0.05, 0.1) is 5.69 Å². The van der Waals surface area contributed by atoms with Gasteiger partial charge in [-0.25, -0.2) is 0 Å². The first-order chi connectivity index (χ1) is 9.26. The van der Waals surface area contributed by atoms with E-state index in [0.717, 1.165) is 0 Å². The molecule has 1 heterocycles. The Bertz CT molecular complexity index is 776. The summed E-state index contributed by atoms with van der Waals surface area (Å²) in [6, 6.07) is 6.68. The van der Waals surface area contributed by atoms with Crippen LogP contribution in [0.3, 0.4) is 0 Å². The zero-order chi connectivity index (χ0) is 13.4. The Balaban J connectivity index is 2.23. The van der Waals surface area contributed by atoms with Crippen LogP contribution in [0, 0.1) is 0 Å². The molecule has 0 saturated carbocycles. The van der Waals surface area contributed by atoms with E-state index in [1.165, 1.54) is 33.3 Å². The average molecular weight is 247 g/mol. The molecule has 19 heavy (non-hydrogen) atoms. The van der Waals surface area contributed by atoms with E-state index in [2.05, 4.69) is 79.8 Å². The molecule has 0 unspecified atom stereocenters. The predicted octanol–water partition coefficient (Wildman–Crippen LogP) is 4.80. The van der Waals surface area contributed by atoms with Crippen molar-refractivity contribution in [1.82, 2.24) is 4.57 Å². The van der Waals surface area contributed by atoms with Gasteiger partial charge < -0.3 is 4.57 Å². The Hall–Kier alpha value is -2.24. The molecule has 0 amide bonds. The number of nitrogens with zero attached hydrogens (tertiary/aromatic N) is 1.